The van der Waals surface area contributed by atoms with E-state index in [9.17, 15) is 0 Å². The molecule has 1 aliphatic carbocycles. The SMILES string of the molecule is OCCC(NC1CCCC1)c1cccs1. The molecule has 0 radical (unpaired) electrons. The second-order valence-electron chi connectivity index (χ2n) is 4.23. The van der Waals surface area contributed by atoms with E-state index in [0.717, 1.165) is 6.42 Å². The molecule has 3 heteroatoms. The number of hydrogen-bond acceptors (Lipinski definition) is 3. The van der Waals surface area contributed by atoms with E-state index in [1.54, 1.807) is 11.3 Å². The molecule has 1 unspecified atom stereocenters. The van der Waals surface area contributed by atoms with Crippen LogP contribution in [0.2, 0.25) is 0 Å². The molecule has 1 heterocycles. The zero-order chi connectivity index (χ0) is 10.5. The monoisotopic (exact) mass is 225 g/mol. The summed E-state index contributed by atoms with van der Waals surface area (Å²) < 4.78 is 0. The van der Waals surface area contributed by atoms with E-state index in [4.69, 9.17) is 5.11 Å². The lowest BCUT2D eigenvalue weighted by atomic mass is 10.1. The summed E-state index contributed by atoms with van der Waals surface area (Å²) in [5, 5.41) is 14.9. The topological polar surface area (TPSA) is 32.3 Å². The summed E-state index contributed by atoms with van der Waals surface area (Å²) in [6.07, 6.45) is 6.14. The third kappa shape index (κ3) is 3.03. The van der Waals surface area contributed by atoms with Crippen molar-refractivity contribution in [2.75, 3.05) is 6.61 Å². The van der Waals surface area contributed by atoms with Crippen molar-refractivity contribution >= 4 is 11.3 Å². The van der Waals surface area contributed by atoms with Gasteiger partial charge in [-0.05, 0) is 30.7 Å². The summed E-state index contributed by atoms with van der Waals surface area (Å²) in [6, 6.07) is 5.27. The third-order valence-electron chi connectivity index (χ3n) is 3.10. The molecule has 2 N–H and O–H groups in total. The van der Waals surface area contributed by atoms with Gasteiger partial charge in [0.15, 0.2) is 0 Å². The van der Waals surface area contributed by atoms with Crippen LogP contribution in [0.1, 0.15) is 43.0 Å². The lowest BCUT2D eigenvalue weighted by Crippen LogP contribution is -2.30. The minimum Gasteiger partial charge on any atom is -0.396 e. The highest BCUT2D eigenvalue weighted by molar-refractivity contribution is 7.10. The smallest absolute Gasteiger partial charge is 0.0449 e. The fourth-order valence-corrected chi connectivity index (χ4v) is 3.12. The van der Waals surface area contributed by atoms with Gasteiger partial charge < -0.3 is 10.4 Å². The predicted molar refractivity (Wildman–Crippen MR) is 64.2 cm³/mol. The number of rotatable bonds is 5. The van der Waals surface area contributed by atoms with Crippen LogP contribution in [-0.4, -0.2) is 17.8 Å². The third-order valence-corrected chi connectivity index (χ3v) is 4.08. The lowest BCUT2D eigenvalue weighted by Gasteiger charge is -2.21. The van der Waals surface area contributed by atoms with Crippen molar-refractivity contribution in [3.8, 4) is 0 Å². The first kappa shape index (κ1) is 11.1. The van der Waals surface area contributed by atoms with Crippen molar-refractivity contribution < 1.29 is 5.11 Å². The number of thiophene rings is 1. The second-order valence-corrected chi connectivity index (χ2v) is 5.21. The molecule has 1 atom stereocenters. The Morgan fingerprint density at radius 1 is 1.47 bits per heavy atom. The van der Waals surface area contributed by atoms with Crippen LogP contribution < -0.4 is 5.32 Å². The van der Waals surface area contributed by atoms with Crippen molar-refractivity contribution in [3.63, 3.8) is 0 Å². The van der Waals surface area contributed by atoms with Crippen LogP contribution in [0.25, 0.3) is 0 Å². The molecule has 1 fully saturated rings. The molecule has 2 nitrogen and oxygen atoms in total. The molecule has 1 saturated carbocycles. The Labute approximate surface area is 95.3 Å². The molecule has 0 aromatic carbocycles. The Kier molecular flexibility index (Phi) is 4.18. The van der Waals surface area contributed by atoms with E-state index in [2.05, 4.69) is 22.8 Å². The summed E-state index contributed by atoms with van der Waals surface area (Å²) in [5.74, 6) is 0. The molecule has 1 aromatic rings. The van der Waals surface area contributed by atoms with Crippen LogP contribution >= 0.6 is 11.3 Å². The van der Waals surface area contributed by atoms with Crippen molar-refractivity contribution in [3.05, 3.63) is 22.4 Å². The maximum Gasteiger partial charge on any atom is 0.0449 e. The first-order chi connectivity index (χ1) is 7.40. The van der Waals surface area contributed by atoms with Crippen molar-refractivity contribution in [2.24, 2.45) is 0 Å². The standard InChI is InChI=1S/C12H19NOS/c14-8-7-11(12-6-3-9-15-12)13-10-4-1-2-5-10/h3,6,9-11,13-14H,1-2,4-5,7-8H2. The van der Waals surface area contributed by atoms with Gasteiger partial charge >= 0.3 is 0 Å². The van der Waals surface area contributed by atoms with Gasteiger partial charge in [-0.25, -0.2) is 0 Å². The minimum atomic E-state index is 0.266. The van der Waals surface area contributed by atoms with E-state index < -0.39 is 0 Å². The predicted octanol–water partition coefficient (Wildman–Crippen LogP) is 2.70. The quantitative estimate of drug-likeness (QED) is 0.807. The lowest BCUT2D eigenvalue weighted by molar-refractivity contribution is 0.260. The summed E-state index contributed by atoms with van der Waals surface area (Å²) >= 11 is 1.78. The molecule has 0 saturated heterocycles. The van der Waals surface area contributed by atoms with Gasteiger partial charge in [0, 0.05) is 23.6 Å². The van der Waals surface area contributed by atoms with Gasteiger partial charge in [0.05, 0.1) is 0 Å². The van der Waals surface area contributed by atoms with Gasteiger partial charge in [-0.1, -0.05) is 18.9 Å². The largest absolute Gasteiger partial charge is 0.396 e. The summed E-state index contributed by atoms with van der Waals surface area (Å²) in [5.41, 5.74) is 0. The zero-order valence-electron chi connectivity index (χ0n) is 8.98. The number of hydrogen-bond donors (Lipinski definition) is 2. The molecular weight excluding hydrogens is 206 g/mol. The van der Waals surface area contributed by atoms with Crippen LogP contribution in [0.5, 0.6) is 0 Å². The van der Waals surface area contributed by atoms with E-state index in [1.807, 2.05) is 0 Å². The van der Waals surface area contributed by atoms with Gasteiger partial charge in [-0.3, -0.25) is 0 Å². The first-order valence-corrected chi connectivity index (χ1v) is 6.68. The Hall–Kier alpha value is -0.380. The van der Waals surface area contributed by atoms with Gasteiger partial charge in [-0.2, -0.15) is 0 Å². The summed E-state index contributed by atoms with van der Waals surface area (Å²) in [4.78, 5) is 1.36. The number of aliphatic hydroxyl groups excluding tert-OH is 1. The van der Waals surface area contributed by atoms with Crippen LogP contribution in [-0.2, 0) is 0 Å². The van der Waals surface area contributed by atoms with Gasteiger partial charge in [0.2, 0.25) is 0 Å². The Balaban J connectivity index is 1.93. The van der Waals surface area contributed by atoms with Gasteiger partial charge in [0.25, 0.3) is 0 Å². The van der Waals surface area contributed by atoms with Gasteiger partial charge in [-0.15, -0.1) is 11.3 Å². The summed E-state index contributed by atoms with van der Waals surface area (Å²) in [6.45, 7) is 0.266. The first-order valence-electron chi connectivity index (χ1n) is 5.80. The Morgan fingerprint density at radius 3 is 2.87 bits per heavy atom. The molecule has 2 rings (SSSR count). The van der Waals surface area contributed by atoms with Crippen LogP contribution in [0.15, 0.2) is 17.5 Å². The van der Waals surface area contributed by atoms with Crippen molar-refractivity contribution in [1.29, 1.82) is 0 Å². The maximum atomic E-state index is 9.07. The molecule has 0 aliphatic heterocycles. The maximum absolute atomic E-state index is 9.07. The van der Waals surface area contributed by atoms with E-state index in [1.165, 1.54) is 30.6 Å². The molecule has 84 valence electrons. The molecule has 0 spiro atoms. The normalized spacial score (nSPS) is 19.5. The molecule has 0 bridgehead atoms. The highest BCUT2D eigenvalue weighted by Gasteiger charge is 2.20. The number of nitrogens with one attached hydrogen (secondary N) is 1. The average molecular weight is 225 g/mol. The molecular formula is C12H19NOS. The van der Waals surface area contributed by atoms with Crippen LogP contribution in [0, 0.1) is 0 Å². The fraction of sp³-hybridized carbons (Fsp3) is 0.667. The highest BCUT2D eigenvalue weighted by atomic mass is 32.1. The van der Waals surface area contributed by atoms with Crippen LogP contribution in [0.3, 0.4) is 0 Å². The number of aliphatic hydroxyl groups is 1. The molecule has 1 aliphatic rings. The van der Waals surface area contributed by atoms with Crippen LogP contribution in [0.4, 0.5) is 0 Å². The van der Waals surface area contributed by atoms with Crippen molar-refractivity contribution in [2.45, 2.75) is 44.2 Å². The zero-order valence-corrected chi connectivity index (χ0v) is 9.80. The van der Waals surface area contributed by atoms with Gasteiger partial charge in [0.1, 0.15) is 0 Å². The molecule has 0 amide bonds. The average Bonchev–Trinajstić information content (AvgIpc) is 2.89. The minimum absolute atomic E-state index is 0.266. The summed E-state index contributed by atoms with van der Waals surface area (Å²) in [7, 11) is 0. The Bertz CT molecular complexity index is 267. The van der Waals surface area contributed by atoms with E-state index >= 15 is 0 Å². The molecule has 1 aromatic heterocycles. The fourth-order valence-electron chi connectivity index (χ4n) is 2.30. The van der Waals surface area contributed by atoms with E-state index in [0.29, 0.717) is 12.1 Å². The van der Waals surface area contributed by atoms with Crippen molar-refractivity contribution in [1.82, 2.24) is 5.32 Å². The van der Waals surface area contributed by atoms with E-state index in [-0.39, 0.29) is 6.61 Å². The second kappa shape index (κ2) is 5.64. The highest BCUT2D eigenvalue weighted by Crippen LogP contribution is 2.26. The Morgan fingerprint density at radius 2 is 2.27 bits per heavy atom. The molecule has 15 heavy (non-hydrogen) atoms.